The maximum atomic E-state index is 12.2. The van der Waals surface area contributed by atoms with Crippen LogP contribution in [-0.4, -0.2) is 30.5 Å². The van der Waals surface area contributed by atoms with Gasteiger partial charge in [0.15, 0.2) is 6.61 Å². The largest absolute Gasteiger partial charge is 0.483 e. The minimum Gasteiger partial charge on any atom is -0.483 e. The SMILES string of the molecule is Cc1cccc(C)c1OCC(=O)NCc1ccccc1CN1CCCC1. The first kappa shape index (κ1) is 18.5. The first-order valence-corrected chi connectivity index (χ1v) is 9.38. The molecule has 1 amide bonds. The predicted octanol–water partition coefficient (Wildman–Crippen LogP) is 3.59. The molecular weight excluding hydrogens is 324 g/mol. The molecule has 0 atom stereocenters. The lowest BCUT2D eigenvalue weighted by molar-refractivity contribution is -0.123. The molecule has 26 heavy (non-hydrogen) atoms. The van der Waals surface area contributed by atoms with E-state index in [1.165, 1.54) is 37.1 Å². The Balaban J connectivity index is 1.53. The lowest BCUT2D eigenvalue weighted by atomic mass is 10.1. The van der Waals surface area contributed by atoms with Crippen molar-refractivity contribution in [2.45, 2.75) is 39.8 Å². The first-order chi connectivity index (χ1) is 12.6. The Morgan fingerprint density at radius 2 is 1.65 bits per heavy atom. The number of aryl methyl sites for hydroxylation is 2. The molecule has 1 aliphatic heterocycles. The summed E-state index contributed by atoms with van der Waals surface area (Å²) in [6, 6.07) is 14.3. The highest BCUT2D eigenvalue weighted by atomic mass is 16.5. The van der Waals surface area contributed by atoms with Crippen LogP contribution in [0.15, 0.2) is 42.5 Å². The van der Waals surface area contributed by atoms with Crippen LogP contribution in [-0.2, 0) is 17.9 Å². The average molecular weight is 352 g/mol. The molecule has 1 heterocycles. The molecule has 0 aliphatic carbocycles. The zero-order valence-electron chi connectivity index (χ0n) is 15.8. The molecule has 3 rings (SSSR count). The highest BCUT2D eigenvalue weighted by Gasteiger charge is 2.14. The van der Waals surface area contributed by atoms with Crippen molar-refractivity contribution in [3.05, 3.63) is 64.7 Å². The Morgan fingerprint density at radius 3 is 2.35 bits per heavy atom. The Morgan fingerprint density at radius 1 is 1.00 bits per heavy atom. The number of nitrogens with one attached hydrogen (secondary N) is 1. The minimum absolute atomic E-state index is 0.0417. The Hall–Kier alpha value is -2.33. The number of likely N-dealkylation sites (tertiary alicyclic amines) is 1. The van der Waals surface area contributed by atoms with Gasteiger partial charge >= 0.3 is 0 Å². The van der Waals surface area contributed by atoms with Crippen molar-refractivity contribution in [1.82, 2.24) is 10.2 Å². The molecule has 2 aromatic rings. The maximum Gasteiger partial charge on any atom is 0.258 e. The molecule has 1 fully saturated rings. The Labute approximate surface area is 156 Å². The molecule has 2 aromatic carbocycles. The average Bonchev–Trinajstić information content (AvgIpc) is 3.13. The molecule has 1 aliphatic rings. The summed E-state index contributed by atoms with van der Waals surface area (Å²) in [5, 5.41) is 2.99. The quantitative estimate of drug-likeness (QED) is 0.828. The Bertz CT molecular complexity index is 731. The number of hydrogen-bond acceptors (Lipinski definition) is 3. The molecule has 4 heteroatoms. The molecule has 4 nitrogen and oxygen atoms in total. The summed E-state index contributed by atoms with van der Waals surface area (Å²) in [7, 11) is 0. The Kier molecular flexibility index (Phi) is 6.29. The maximum absolute atomic E-state index is 12.2. The second kappa shape index (κ2) is 8.86. The van der Waals surface area contributed by atoms with Crippen LogP contribution in [0.2, 0.25) is 0 Å². The zero-order valence-corrected chi connectivity index (χ0v) is 15.8. The number of amides is 1. The van der Waals surface area contributed by atoms with E-state index in [1.807, 2.05) is 38.1 Å². The molecule has 0 aromatic heterocycles. The molecule has 0 spiro atoms. The van der Waals surface area contributed by atoms with Gasteiger partial charge in [0.25, 0.3) is 5.91 Å². The zero-order chi connectivity index (χ0) is 18.4. The topological polar surface area (TPSA) is 41.6 Å². The van der Waals surface area contributed by atoms with Crippen molar-refractivity contribution in [3.63, 3.8) is 0 Å². The van der Waals surface area contributed by atoms with Crippen LogP contribution in [0.4, 0.5) is 0 Å². The summed E-state index contributed by atoms with van der Waals surface area (Å²) in [6.07, 6.45) is 2.57. The van der Waals surface area contributed by atoms with Crippen LogP contribution < -0.4 is 10.1 Å². The van der Waals surface area contributed by atoms with Crippen molar-refractivity contribution >= 4 is 5.91 Å². The van der Waals surface area contributed by atoms with Crippen LogP contribution in [0, 0.1) is 13.8 Å². The van der Waals surface area contributed by atoms with E-state index in [-0.39, 0.29) is 12.5 Å². The molecule has 1 N–H and O–H groups in total. The van der Waals surface area contributed by atoms with E-state index in [1.54, 1.807) is 0 Å². The van der Waals surface area contributed by atoms with Crippen molar-refractivity contribution in [2.24, 2.45) is 0 Å². The molecular formula is C22H28N2O2. The predicted molar refractivity (Wildman–Crippen MR) is 104 cm³/mol. The van der Waals surface area contributed by atoms with Gasteiger partial charge in [0.1, 0.15) is 5.75 Å². The van der Waals surface area contributed by atoms with Gasteiger partial charge in [0.2, 0.25) is 0 Å². The van der Waals surface area contributed by atoms with Crippen LogP contribution >= 0.6 is 0 Å². The van der Waals surface area contributed by atoms with Gasteiger partial charge in [-0.1, -0.05) is 42.5 Å². The van der Waals surface area contributed by atoms with Gasteiger partial charge in [-0.25, -0.2) is 0 Å². The number of ether oxygens (including phenoxy) is 1. The number of para-hydroxylation sites is 1. The fourth-order valence-corrected chi connectivity index (χ4v) is 3.48. The van der Waals surface area contributed by atoms with E-state index in [0.717, 1.165) is 23.4 Å². The molecule has 1 saturated heterocycles. The third-order valence-electron chi connectivity index (χ3n) is 4.94. The smallest absolute Gasteiger partial charge is 0.258 e. The summed E-state index contributed by atoms with van der Waals surface area (Å²) >= 11 is 0. The summed E-state index contributed by atoms with van der Waals surface area (Å²) in [4.78, 5) is 14.7. The van der Waals surface area contributed by atoms with Crippen molar-refractivity contribution in [1.29, 1.82) is 0 Å². The van der Waals surface area contributed by atoms with E-state index in [2.05, 4.69) is 28.4 Å². The number of carbonyl (C=O) groups is 1. The molecule has 0 saturated carbocycles. The standard InChI is InChI=1S/C22H28N2O2/c1-17-8-7-9-18(2)22(17)26-16-21(25)23-14-19-10-3-4-11-20(19)15-24-12-5-6-13-24/h3-4,7-11H,5-6,12-16H2,1-2H3,(H,23,25). The van der Waals surface area contributed by atoms with Crippen LogP contribution in [0.1, 0.15) is 35.1 Å². The minimum atomic E-state index is -0.0939. The lowest BCUT2D eigenvalue weighted by Crippen LogP contribution is -2.29. The summed E-state index contributed by atoms with van der Waals surface area (Å²) in [6.45, 7) is 7.88. The normalized spacial score (nSPS) is 14.4. The number of carbonyl (C=O) groups excluding carboxylic acids is 1. The summed E-state index contributed by atoms with van der Waals surface area (Å²) < 4.78 is 5.74. The van der Waals surface area contributed by atoms with Crippen LogP contribution in [0.5, 0.6) is 5.75 Å². The summed E-state index contributed by atoms with van der Waals surface area (Å²) in [5.41, 5.74) is 4.58. The van der Waals surface area contributed by atoms with E-state index in [9.17, 15) is 4.79 Å². The van der Waals surface area contributed by atoms with Gasteiger partial charge in [0.05, 0.1) is 0 Å². The molecule has 138 valence electrons. The number of nitrogens with zero attached hydrogens (tertiary/aromatic N) is 1. The van der Waals surface area contributed by atoms with Gasteiger partial charge in [-0.2, -0.15) is 0 Å². The number of benzene rings is 2. The van der Waals surface area contributed by atoms with E-state index in [0.29, 0.717) is 6.54 Å². The molecule has 0 unspecified atom stereocenters. The second-order valence-corrected chi connectivity index (χ2v) is 7.04. The number of rotatable bonds is 7. The van der Waals surface area contributed by atoms with Crippen LogP contribution in [0.25, 0.3) is 0 Å². The van der Waals surface area contributed by atoms with Gasteiger partial charge in [-0.15, -0.1) is 0 Å². The van der Waals surface area contributed by atoms with E-state index in [4.69, 9.17) is 4.74 Å². The van der Waals surface area contributed by atoms with Gasteiger partial charge in [-0.3, -0.25) is 9.69 Å². The van der Waals surface area contributed by atoms with Crippen molar-refractivity contribution < 1.29 is 9.53 Å². The van der Waals surface area contributed by atoms with Crippen molar-refractivity contribution in [2.75, 3.05) is 19.7 Å². The van der Waals surface area contributed by atoms with Crippen molar-refractivity contribution in [3.8, 4) is 5.75 Å². The van der Waals surface area contributed by atoms with Gasteiger partial charge in [-0.05, 0) is 62.0 Å². The second-order valence-electron chi connectivity index (χ2n) is 7.04. The monoisotopic (exact) mass is 352 g/mol. The third kappa shape index (κ3) is 4.85. The van der Waals surface area contributed by atoms with Crippen LogP contribution in [0.3, 0.4) is 0 Å². The lowest BCUT2D eigenvalue weighted by Gasteiger charge is -2.18. The van der Waals surface area contributed by atoms with E-state index >= 15 is 0 Å². The third-order valence-corrected chi connectivity index (χ3v) is 4.94. The fraction of sp³-hybridized carbons (Fsp3) is 0.409. The molecule has 0 radical (unpaired) electrons. The molecule has 0 bridgehead atoms. The van der Waals surface area contributed by atoms with E-state index < -0.39 is 0 Å². The van der Waals surface area contributed by atoms with Gasteiger partial charge < -0.3 is 10.1 Å². The van der Waals surface area contributed by atoms with Gasteiger partial charge in [0, 0.05) is 13.1 Å². The first-order valence-electron chi connectivity index (χ1n) is 9.38. The fourth-order valence-electron chi connectivity index (χ4n) is 3.48. The number of hydrogen-bond donors (Lipinski definition) is 1. The highest BCUT2D eigenvalue weighted by Crippen LogP contribution is 2.22. The summed E-state index contributed by atoms with van der Waals surface area (Å²) in [5.74, 6) is 0.709. The highest BCUT2D eigenvalue weighted by molar-refractivity contribution is 5.77.